The van der Waals surface area contributed by atoms with Crippen LogP contribution in [-0.2, 0) is 23.9 Å². The van der Waals surface area contributed by atoms with Crippen molar-refractivity contribution in [3.8, 4) is 0 Å². The molecule has 2 fully saturated rings. The quantitative estimate of drug-likeness (QED) is 0.487. The van der Waals surface area contributed by atoms with Crippen molar-refractivity contribution in [3.05, 3.63) is 71.3 Å². The van der Waals surface area contributed by atoms with Crippen molar-refractivity contribution in [2.24, 2.45) is 5.73 Å². The molecule has 1 unspecified atom stereocenters. The van der Waals surface area contributed by atoms with E-state index in [0.29, 0.717) is 16.7 Å². The van der Waals surface area contributed by atoms with Crippen LogP contribution >= 0.6 is 11.8 Å². The smallest absolute Gasteiger partial charge is 0.342 e. The van der Waals surface area contributed by atoms with Crippen molar-refractivity contribution in [1.82, 2.24) is 10.2 Å². The number of amides is 2. The average Bonchev–Trinajstić information content (AvgIpc) is 3.28. The number of benzene rings is 2. The molecule has 2 aromatic carbocycles. The van der Waals surface area contributed by atoms with Gasteiger partial charge >= 0.3 is 11.9 Å². The van der Waals surface area contributed by atoms with E-state index < -0.39 is 52.4 Å². The number of hydrogen-bond donors (Lipinski definition) is 2. The summed E-state index contributed by atoms with van der Waals surface area (Å²) >= 11 is 1.40. The molecule has 5 rings (SSSR count). The van der Waals surface area contributed by atoms with Gasteiger partial charge in [-0.15, -0.1) is 11.8 Å². The first-order valence-corrected chi connectivity index (χ1v) is 11.7. The summed E-state index contributed by atoms with van der Waals surface area (Å²) < 4.78 is 10.1. The number of carbonyl (C=O) groups is 4. The number of esters is 2. The predicted molar refractivity (Wildman–Crippen MR) is 122 cm³/mol. The van der Waals surface area contributed by atoms with Crippen molar-refractivity contribution in [3.63, 3.8) is 0 Å². The monoisotopic (exact) mass is 481 g/mol. The summed E-state index contributed by atoms with van der Waals surface area (Å²) in [7, 11) is 0. The Labute approximate surface area is 199 Å². The molecule has 5 atom stereocenters. The molecule has 0 aliphatic carbocycles. The molecule has 3 heterocycles. The highest BCUT2D eigenvalue weighted by atomic mass is 32.2. The third kappa shape index (κ3) is 3.54. The van der Waals surface area contributed by atoms with E-state index in [1.54, 1.807) is 48.5 Å². The third-order valence-corrected chi connectivity index (χ3v) is 7.85. The zero-order valence-electron chi connectivity index (χ0n) is 18.5. The highest BCUT2D eigenvalue weighted by Crippen LogP contribution is 2.51. The standard InChI is InChI=1S/C24H23N3O6S/c1-24(2)17(22(31)33-23-14-11-7-6-10-13(14)21(30)32-23)27-19(29)16(20(27)34-24)26-18(28)15(25)12-8-4-3-5-9-12/h3-11,15-17,20,23H,25H2,1-2H3,(H,26,28)/t15-,16+,17+,20+,23?/m1/s1. The van der Waals surface area contributed by atoms with Crippen LogP contribution < -0.4 is 11.1 Å². The van der Waals surface area contributed by atoms with Gasteiger partial charge in [-0.25, -0.2) is 9.59 Å². The third-order valence-electron chi connectivity index (χ3n) is 6.28. The van der Waals surface area contributed by atoms with Gasteiger partial charge in [0.15, 0.2) is 0 Å². The van der Waals surface area contributed by atoms with Gasteiger partial charge in [0, 0.05) is 10.3 Å². The molecule has 2 aromatic rings. The van der Waals surface area contributed by atoms with E-state index in [1.807, 2.05) is 19.9 Å². The molecule has 0 aromatic heterocycles. The SMILES string of the molecule is CC1(C)S[C@H]2[C@@H](NC(=O)[C@H](N)c3ccccc3)C(=O)N2[C@H]1C(=O)OC1OC(=O)c2ccccc21. The molecular formula is C24H23N3O6S. The van der Waals surface area contributed by atoms with Crippen LogP contribution in [0.15, 0.2) is 54.6 Å². The highest BCUT2D eigenvalue weighted by Gasteiger charge is 2.65. The largest absolute Gasteiger partial charge is 0.419 e. The van der Waals surface area contributed by atoms with Gasteiger partial charge in [-0.3, -0.25) is 9.59 Å². The van der Waals surface area contributed by atoms with Crippen molar-refractivity contribution < 1.29 is 28.7 Å². The number of nitrogens with one attached hydrogen (secondary N) is 1. The maximum Gasteiger partial charge on any atom is 0.342 e. The number of nitrogens with two attached hydrogens (primary N) is 1. The summed E-state index contributed by atoms with van der Waals surface area (Å²) in [4.78, 5) is 52.3. The lowest BCUT2D eigenvalue weighted by molar-refractivity contribution is -0.180. The van der Waals surface area contributed by atoms with E-state index in [9.17, 15) is 19.2 Å². The molecule has 9 nitrogen and oxygen atoms in total. The van der Waals surface area contributed by atoms with Crippen LogP contribution in [0.2, 0.25) is 0 Å². The number of cyclic esters (lactones) is 1. The maximum atomic E-state index is 13.2. The Bertz CT molecular complexity index is 1190. The lowest BCUT2D eigenvalue weighted by Crippen LogP contribution is -2.71. The Balaban J connectivity index is 1.28. The molecule has 10 heteroatoms. The second-order valence-corrected chi connectivity index (χ2v) is 10.7. The number of β-lactam (4-membered cyclic amide) rings is 1. The van der Waals surface area contributed by atoms with E-state index in [1.165, 1.54) is 16.7 Å². The number of rotatable bonds is 5. The van der Waals surface area contributed by atoms with E-state index in [0.717, 1.165) is 0 Å². The second-order valence-electron chi connectivity index (χ2n) is 8.90. The minimum atomic E-state index is -1.16. The Hall–Kier alpha value is -3.37. The Morgan fingerprint density at radius 3 is 2.53 bits per heavy atom. The number of ether oxygens (including phenoxy) is 2. The zero-order valence-corrected chi connectivity index (χ0v) is 19.3. The van der Waals surface area contributed by atoms with E-state index in [2.05, 4.69) is 5.32 Å². The molecule has 3 aliphatic rings. The molecule has 0 saturated carbocycles. The summed E-state index contributed by atoms with van der Waals surface area (Å²) in [5, 5.41) is 2.29. The number of fused-ring (bicyclic) bond motifs is 2. The fourth-order valence-electron chi connectivity index (χ4n) is 4.55. The van der Waals surface area contributed by atoms with Crippen LogP contribution in [0.25, 0.3) is 0 Å². The summed E-state index contributed by atoms with van der Waals surface area (Å²) in [6, 6.07) is 12.9. The van der Waals surface area contributed by atoms with Crippen molar-refractivity contribution >= 4 is 35.5 Å². The number of nitrogens with zero attached hydrogens (tertiary/aromatic N) is 1. The van der Waals surface area contributed by atoms with Crippen LogP contribution in [0.3, 0.4) is 0 Å². The summed E-state index contributed by atoms with van der Waals surface area (Å²) in [6.07, 6.45) is -1.16. The van der Waals surface area contributed by atoms with Crippen molar-refractivity contribution in [2.45, 2.75) is 48.4 Å². The molecular weight excluding hydrogens is 458 g/mol. The lowest BCUT2D eigenvalue weighted by atomic mass is 9.95. The topological polar surface area (TPSA) is 128 Å². The number of carbonyl (C=O) groups excluding carboxylic acids is 4. The predicted octanol–water partition coefficient (Wildman–Crippen LogP) is 1.65. The van der Waals surface area contributed by atoms with Gasteiger partial charge in [0.25, 0.3) is 6.29 Å². The van der Waals surface area contributed by atoms with Crippen LogP contribution in [0, 0.1) is 0 Å². The molecule has 2 saturated heterocycles. The number of hydrogen-bond acceptors (Lipinski definition) is 8. The molecule has 2 amide bonds. The summed E-state index contributed by atoms with van der Waals surface area (Å²) in [6.45, 7) is 3.66. The van der Waals surface area contributed by atoms with E-state index in [4.69, 9.17) is 15.2 Å². The molecule has 0 spiro atoms. The van der Waals surface area contributed by atoms with Gasteiger partial charge in [0.2, 0.25) is 11.8 Å². The zero-order chi connectivity index (χ0) is 24.2. The van der Waals surface area contributed by atoms with Crippen molar-refractivity contribution in [2.75, 3.05) is 0 Å². The maximum absolute atomic E-state index is 13.2. The van der Waals surface area contributed by atoms with Gasteiger partial charge in [-0.2, -0.15) is 0 Å². The fraction of sp³-hybridized carbons (Fsp3) is 0.333. The molecule has 0 radical (unpaired) electrons. The van der Waals surface area contributed by atoms with Crippen LogP contribution in [0.4, 0.5) is 0 Å². The molecule has 34 heavy (non-hydrogen) atoms. The normalized spacial score (nSPS) is 27.2. The Kier molecular flexibility index (Phi) is 5.37. The van der Waals surface area contributed by atoms with Gasteiger partial charge in [-0.05, 0) is 25.5 Å². The Morgan fingerprint density at radius 2 is 1.79 bits per heavy atom. The van der Waals surface area contributed by atoms with Crippen molar-refractivity contribution in [1.29, 1.82) is 0 Å². The minimum Gasteiger partial charge on any atom is -0.419 e. The first-order chi connectivity index (χ1) is 16.2. The van der Waals surface area contributed by atoms with Gasteiger partial charge < -0.3 is 25.4 Å². The van der Waals surface area contributed by atoms with Gasteiger partial charge in [-0.1, -0.05) is 48.5 Å². The molecule has 3 aliphatic heterocycles. The minimum absolute atomic E-state index is 0.343. The fourth-order valence-corrected chi connectivity index (χ4v) is 6.17. The summed E-state index contributed by atoms with van der Waals surface area (Å²) in [5.74, 6) is -2.09. The first kappa shape index (κ1) is 22.4. The van der Waals surface area contributed by atoms with Crippen LogP contribution in [0.5, 0.6) is 0 Å². The molecule has 0 bridgehead atoms. The molecule has 3 N–H and O–H groups in total. The van der Waals surface area contributed by atoms with Crippen LogP contribution in [-0.4, -0.2) is 50.9 Å². The average molecular weight is 482 g/mol. The lowest BCUT2D eigenvalue weighted by Gasteiger charge is -2.44. The Morgan fingerprint density at radius 1 is 1.12 bits per heavy atom. The van der Waals surface area contributed by atoms with E-state index in [-0.39, 0.29) is 5.91 Å². The van der Waals surface area contributed by atoms with Gasteiger partial charge in [0.1, 0.15) is 23.5 Å². The van der Waals surface area contributed by atoms with Gasteiger partial charge in [0.05, 0.1) is 5.56 Å². The summed E-state index contributed by atoms with van der Waals surface area (Å²) in [5.41, 5.74) is 7.51. The molecule has 176 valence electrons. The second kappa shape index (κ2) is 8.14. The number of thioether (sulfide) groups is 1. The first-order valence-electron chi connectivity index (χ1n) is 10.8. The van der Waals surface area contributed by atoms with Crippen LogP contribution in [0.1, 0.15) is 47.7 Å². The van der Waals surface area contributed by atoms with E-state index >= 15 is 0 Å². The highest BCUT2D eigenvalue weighted by molar-refractivity contribution is 8.01.